The number of nitro groups is 1. The number of para-hydroxylation sites is 1. The predicted octanol–water partition coefficient (Wildman–Crippen LogP) is 3.60. The largest absolute Gasteiger partial charge is 0.491 e. The summed E-state index contributed by atoms with van der Waals surface area (Å²) in [7, 11) is 0. The first kappa shape index (κ1) is 26.5. The van der Waals surface area contributed by atoms with Gasteiger partial charge in [-0.2, -0.15) is 0 Å². The van der Waals surface area contributed by atoms with Crippen molar-refractivity contribution in [2.45, 2.75) is 25.7 Å². The van der Waals surface area contributed by atoms with Gasteiger partial charge in [-0.25, -0.2) is 0 Å². The Balaban J connectivity index is 1.46. The van der Waals surface area contributed by atoms with Crippen LogP contribution in [0.15, 0.2) is 83.0 Å². The van der Waals surface area contributed by atoms with Gasteiger partial charge in [-0.3, -0.25) is 34.2 Å². The minimum Gasteiger partial charge on any atom is -0.491 e. The topological polar surface area (TPSA) is 144 Å². The highest BCUT2D eigenvalue weighted by Gasteiger charge is 2.56. The lowest BCUT2D eigenvalue weighted by atomic mass is 9.59. The molecule has 41 heavy (non-hydrogen) atoms. The Bertz CT molecular complexity index is 1620. The van der Waals surface area contributed by atoms with Crippen molar-refractivity contribution in [3.63, 3.8) is 0 Å². The van der Waals surface area contributed by atoms with E-state index in [1.165, 1.54) is 30.3 Å². The van der Waals surface area contributed by atoms with E-state index in [9.17, 15) is 34.4 Å². The van der Waals surface area contributed by atoms with Gasteiger partial charge in [-0.1, -0.05) is 29.8 Å². The van der Waals surface area contributed by atoms with Gasteiger partial charge in [-0.05, 0) is 50.0 Å². The molecule has 208 valence electrons. The van der Waals surface area contributed by atoms with Crippen molar-refractivity contribution >= 4 is 34.8 Å². The molecule has 1 fully saturated rings. The van der Waals surface area contributed by atoms with Crippen molar-refractivity contribution in [3.8, 4) is 5.75 Å². The molecule has 4 aliphatic rings. The van der Waals surface area contributed by atoms with Crippen molar-refractivity contribution in [1.82, 2.24) is 0 Å². The van der Waals surface area contributed by atoms with E-state index in [0.29, 0.717) is 28.0 Å². The van der Waals surface area contributed by atoms with Crippen LogP contribution in [0.1, 0.15) is 31.2 Å². The van der Waals surface area contributed by atoms with Crippen LogP contribution >= 0.6 is 0 Å². The maximum absolute atomic E-state index is 14.0. The van der Waals surface area contributed by atoms with E-state index in [4.69, 9.17) is 4.74 Å². The lowest BCUT2D eigenvalue weighted by Crippen LogP contribution is -2.40. The van der Waals surface area contributed by atoms with Crippen molar-refractivity contribution < 1.29 is 33.9 Å². The molecular formula is C31H26N2O8. The number of carbonyl (C=O) groups is 4. The smallest absolute Gasteiger partial charge is 0.269 e. The van der Waals surface area contributed by atoms with Crippen LogP contribution in [0.4, 0.5) is 11.4 Å². The average molecular weight is 555 g/mol. The molecule has 10 nitrogen and oxygen atoms in total. The maximum atomic E-state index is 14.0. The highest BCUT2D eigenvalue weighted by molar-refractivity contribution is 6.25. The molecule has 1 aliphatic heterocycles. The van der Waals surface area contributed by atoms with Gasteiger partial charge in [0.1, 0.15) is 12.4 Å². The van der Waals surface area contributed by atoms with Crippen molar-refractivity contribution in [2.75, 3.05) is 18.1 Å². The lowest BCUT2D eigenvalue weighted by Gasteiger charge is -2.42. The quantitative estimate of drug-likeness (QED) is 0.188. The number of Topliss-reactive ketones (excluding diaryl/α,β-unsaturated/α-hetero) is 1. The SMILES string of the molecule is CC1=CC(=O)C2=C(C[C@@H]3C(=CC[C@@H]4C(=O)N(c5ccc([N+](=O)[O-])cc5)C(=O)[C@@H]43)[C@@H]2c2ccccc2OCCO)C1=O. The van der Waals surface area contributed by atoms with Crippen LogP contribution in [0, 0.1) is 27.9 Å². The maximum Gasteiger partial charge on any atom is 0.269 e. The second kappa shape index (κ2) is 10.0. The minimum atomic E-state index is -0.770. The summed E-state index contributed by atoms with van der Waals surface area (Å²) in [5.74, 6) is -3.54. The third-order valence-electron chi connectivity index (χ3n) is 8.46. The molecular weight excluding hydrogens is 528 g/mol. The number of aliphatic hydroxyl groups excluding tert-OH is 1. The number of allylic oxidation sites excluding steroid dienone is 6. The third kappa shape index (κ3) is 4.13. The first-order chi connectivity index (χ1) is 19.7. The Hall–Kier alpha value is -4.70. The molecule has 0 spiro atoms. The molecule has 6 rings (SSSR count). The van der Waals surface area contributed by atoms with Crippen LogP contribution in [0.25, 0.3) is 0 Å². The monoisotopic (exact) mass is 554 g/mol. The summed E-state index contributed by atoms with van der Waals surface area (Å²) >= 11 is 0. The van der Waals surface area contributed by atoms with Crippen LogP contribution < -0.4 is 9.64 Å². The van der Waals surface area contributed by atoms with E-state index in [0.717, 1.165) is 10.5 Å². The van der Waals surface area contributed by atoms with Gasteiger partial charge < -0.3 is 9.84 Å². The van der Waals surface area contributed by atoms with Gasteiger partial charge in [0.15, 0.2) is 11.6 Å². The second-order valence-corrected chi connectivity index (χ2v) is 10.6. The molecule has 2 amide bonds. The summed E-state index contributed by atoms with van der Waals surface area (Å²) in [6.45, 7) is 1.41. The molecule has 2 aromatic rings. The average Bonchev–Trinajstić information content (AvgIpc) is 3.23. The Morgan fingerprint density at radius 3 is 2.46 bits per heavy atom. The summed E-state index contributed by atoms with van der Waals surface area (Å²) in [5.41, 5.74) is 2.53. The molecule has 0 unspecified atom stereocenters. The zero-order valence-electron chi connectivity index (χ0n) is 22.1. The zero-order valence-corrected chi connectivity index (χ0v) is 22.1. The van der Waals surface area contributed by atoms with Gasteiger partial charge in [0.05, 0.1) is 29.1 Å². The number of nitrogens with zero attached hydrogens (tertiary/aromatic N) is 2. The number of ether oxygens (including phenoxy) is 1. The van der Waals surface area contributed by atoms with E-state index in [1.807, 2.05) is 12.1 Å². The van der Waals surface area contributed by atoms with E-state index in [1.54, 1.807) is 25.1 Å². The van der Waals surface area contributed by atoms with Crippen LogP contribution in [0.3, 0.4) is 0 Å². The first-order valence-corrected chi connectivity index (χ1v) is 13.4. The Morgan fingerprint density at radius 1 is 1.02 bits per heavy atom. The molecule has 4 atom stereocenters. The molecule has 0 saturated carbocycles. The van der Waals surface area contributed by atoms with Gasteiger partial charge in [0.2, 0.25) is 11.8 Å². The summed E-state index contributed by atoms with van der Waals surface area (Å²) in [5, 5.41) is 20.5. The highest BCUT2D eigenvalue weighted by atomic mass is 16.6. The van der Waals surface area contributed by atoms with Crippen molar-refractivity contribution in [2.24, 2.45) is 17.8 Å². The van der Waals surface area contributed by atoms with Gasteiger partial charge in [-0.15, -0.1) is 0 Å². The van der Waals surface area contributed by atoms with Crippen LogP contribution in [0.2, 0.25) is 0 Å². The standard InChI is InChI=1S/C31H26N2O8/c1-16-14-24(35)28-23(29(16)36)15-22-19(26(28)20-4-2-3-5-25(20)41-13-12-34)10-11-21-27(22)31(38)32(30(21)37)17-6-8-18(9-7-17)33(39)40/h2-10,14,21-22,26-27,34H,11-13,15H2,1H3/t21-,22+,26+,27-/m0/s1. The zero-order chi connectivity index (χ0) is 29.0. The first-order valence-electron chi connectivity index (χ1n) is 13.4. The number of carbonyl (C=O) groups excluding carboxylic acids is 4. The summed E-state index contributed by atoms with van der Waals surface area (Å²) in [6, 6.07) is 12.4. The number of non-ortho nitro benzene ring substituents is 1. The normalized spacial score (nSPS) is 25.4. The fourth-order valence-corrected chi connectivity index (χ4v) is 6.72. The molecule has 0 bridgehead atoms. The molecule has 0 aromatic heterocycles. The lowest BCUT2D eigenvalue weighted by molar-refractivity contribution is -0.384. The number of rotatable bonds is 6. The van der Waals surface area contributed by atoms with Crippen molar-refractivity contribution in [3.05, 3.63) is 98.7 Å². The van der Waals surface area contributed by atoms with Gasteiger partial charge >= 0.3 is 0 Å². The fraction of sp³-hybridized carbons (Fsp3) is 0.290. The molecule has 1 heterocycles. The number of hydrogen-bond donors (Lipinski definition) is 1. The number of nitro benzene ring substituents is 1. The summed E-state index contributed by atoms with van der Waals surface area (Å²) in [6.07, 6.45) is 3.66. The second-order valence-electron chi connectivity index (χ2n) is 10.6. The molecule has 2 aromatic carbocycles. The van der Waals surface area contributed by atoms with E-state index in [-0.39, 0.29) is 49.0 Å². The Kier molecular flexibility index (Phi) is 6.50. The number of amides is 2. The summed E-state index contributed by atoms with van der Waals surface area (Å²) < 4.78 is 5.82. The van der Waals surface area contributed by atoms with E-state index in [2.05, 4.69) is 0 Å². The highest BCUT2D eigenvalue weighted by Crippen LogP contribution is 2.56. The third-order valence-corrected chi connectivity index (χ3v) is 8.46. The molecule has 0 radical (unpaired) electrons. The minimum absolute atomic E-state index is 0.0336. The number of ketones is 2. The summed E-state index contributed by atoms with van der Waals surface area (Å²) in [4.78, 5) is 66.1. The number of aliphatic hydroxyl groups is 1. The van der Waals surface area contributed by atoms with Gasteiger partial charge in [0.25, 0.3) is 5.69 Å². The Morgan fingerprint density at radius 2 is 1.76 bits per heavy atom. The molecule has 10 heteroatoms. The van der Waals surface area contributed by atoms with Crippen LogP contribution in [-0.2, 0) is 19.2 Å². The van der Waals surface area contributed by atoms with Gasteiger partial charge in [0, 0.05) is 40.3 Å². The van der Waals surface area contributed by atoms with E-state index >= 15 is 0 Å². The predicted molar refractivity (Wildman–Crippen MR) is 146 cm³/mol. The number of fused-ring (bicyclic) bond motifs is 3. The number of benzene rings is 2. The number of imide groups is 1. The number of anilines is 1. The van der Waals surface area contributed by atoms with Crippen molar-refractivity contribution in [1.29, 1.82) is 0 Å². The number of hydrogen-bond acceptors (Lipinski definition) is 8. The Labute approximate surface area is 234 Å². The fourth-order valence-electron chi connectivity index (χ4n) is 6.72. The molecule has 1 N–H and O–H groups in total. The van der Waals surface area contributed by atoms with Crippen LogP contribution in [0.5, 0.6) is 5.75 Å². The van der Waals surface area contributed by atoms with Crippen LogP contribution in [-0.4, -0.2) is 46.6 Å². The van der Waals surface area contributed by atoms with E-state index < -0.39 is 40.4 Å². The molecule has 3 aliphatic carbocycles. The molecule has 1 saturated heterocycles.